The van der Waals surface area contributed by atoms with E-state index >= 15 is 0 Å². The molecule has 136 valence electrons. The summed E-state index contributed by atoms with van der Waals surface area (Å²) in [6, 6.07) is 30.3. The van der Waals surface area contributed by atoms with Gasteiger partial charge in [0.2, 0.25) is 0 Å². The molecule has 5 rings (SSSR count). The Morgan fingerprint density at radius 2 is 1.36 bits per heavy atom. The molecule has 0 amide bonds. The Bertz CT molecular complexity index is 1190. The molecule has 4 aromatic rings. The van der Waals surface area contributed by atoms with Gasteiger partial charge in [-0.25, -0.2) is 0 Å². The molecule has 0 bridgehead atoms. The van der Waals surface area contributed by atoms with Crippen LogP contribution >= 0.6 is 0 Å². The van der Waals surface area contributed by atoms with E-state index in [0.29, 0.717) is 0 Å². The van der Waals surface area contributed by atoms with Crippen molar-refractivity contribution >= 4 is 22.0 Å². The van der Waals surface area contributed by atoms with Crippen LogP contribution in [0.15, 0.2) is 91.1 Å². The first-order chi connectivity index (χ1) is 13.7. The predicted molar refractivity (Wildman–Crippen MR) is 119 cm³/mol. The zero-order valence-corrected chi connectivity index (χ0v) is 16.1. The summed E-state index contributed by atoms with van der Waals surface area (Å²) in [4.78, 5) is 0. The second-order valence-electron chi connectivity index (χ2n) is 7.39. The largest absolute Gasteiger partial charge is 0.298 e. The first kappa shape index (κ1) is 16.6. The molecule has 0 saturated carbocycles. The summed E-state index contributed by atoms with van der Waals surface area (Å²) < 4.78 is 0. The van der Waals surface area contributed by atoms with Crippen LogP contribution in [0, 0.1) is 6.92 Å². The van der Waals surface area contributed by atoms with Crippen molar-refractivity contribution in [3.8, 4) is 11.1 Å². The van der Waals surface area contributed by atoms with E-state index in [2.05, 4.69) is 116 Å². The van der Waals surface area contributed by atoms with Crippen molar-refractivity contribution in [2.24, 2.45) is 0 Å². The molecule has 28 heavy (non-hydrogen) atoms. The highest BCUT2D eigenvalue weighted by atomic mass is 15.5. The summed E-state index contributed by atoms with van der Waals surface area (Å²) >= 11 is 0. The van der Waals surface area contributed by atoms with E-state index in [1.54, 1.807) is 0 Å². The van der Waals surface area contributed by atoms with Crippen LogP contribution in [-0.2, 0) is 0 Å². The van der Waals surface area contributed by atoms with E-state index in [4.69, 9.17) is 0 Å². The number of rotatable bonds is 2. The summed E-state index contributed by atoms with van der Waals surface area (Å²) in [6.07, 6.45) is 2.16. The van der Waals surface area contributed by atoms with Crippen LogP contribution in [0.1, 0.15) is 16.7 Å². The van der Waals surface area contributed by atoms with Crippen LogP contribution in [0.4, 0.5) is 5.69 Å². The zero-order valence-electron chi connectivity index (χ0n) is 16.1. The monoisotopic (exact) mass is 362 g/mol. The number of hydrogen-bond acceptors (Lipinski definition) is 2. The molecule has 0 unspecified atom stereocenters. The van der Waals surface area contributed by atoms with E-state index in [-0.39, 0.29) is 0 Å². The maximum atomic E-state index is 3.57. The van der Waals surface area contributed by atoms with E-state index in [0.717, 1.165) is 0 Å². The Morgan fingerprint density at radius 1 is 0.679 bits per heavy atom. The second-order valence-corrected chi connectivity index (χ2v) is 7.39. The third kappa shape index (κ3) is 2.74. The molecule has 0 fully saturated rings. The third-order valence-electron chi connectivity index (χ3n) is 5.35. The van der Waals surface area contributed by atoms with Crippen LogP contribution in [0.5, 0.6) is 0 Å². The lowest BCUT2D eigenvalue weighted by Gasteiger charge is -2.29. The van der Waals surface area contributed by atoms with Crippen molar-refractivity contribution in [3.63, 3.8) is 0 Å². The van der Waals surface area contributed by atoms with Crippen molar-refractivity contribution in [2.75, 3.05) is 12.5 Å². The number of hydrazine groups is 1. The number of benzene rings is 4. The number of nitrogens with one attached hydrogen (secondary N) is 1. The molecule has 1 aliphatic rings. The van der Waals surface area contributed by atoms with Crippen molar-refractivity contribution in [1.29, 1.82) is 0 Å². The molecule has 2 nitrogen and oxygen atoms in total. The number of anilines is 1. The second kappa shape index (κ2) is 6.58. The molecule has 0 aromatic heterocycles. The van der Waals surface area contributed by atoms with Gasteiger partial charge in [0.25, 0.3) is 0 Å². The Balaban J connectivity index is 1.78. The number of fused-ring (bicyclic) bond motifs is 3. The van der Waals surface area contributed by atoms with Crippen LogP contribution in [0.2, 0.25) is 0 Å². The van der Waals surface area contributed by atoms with Gasteiger partial charge in [0, 0.05) is 29.8 Å². The lowest BCUT2D eigenvalue weighted by molar-refractivity contribution is 0.549. The number of aryl methyl sites for hydroxylation is 1. The first-order valence-corrected chi connectivity index (χ1v) is 9.60. The summed E-state index contributed by atoms with van der Waals surface area (Å²) in [5.41, 5.74) is 12.2. The minimum Gasteiger partial charge on any atom is -0.298 e. The molecule has 1 aliphatic heterocycles. The Hall–Kier alpha value is -3.52. The van der Waals surface area contributed by atoms with Crippen molar-refractivity contribution in [2.45, 2.75) is 6.92 Å². The number of hydrogen-bond donors (Lipinski definition) is 1. The quantitative estimate of drug-likeness (QED) is 0.439. The van der Waals surface area contributed by atoms with Gasteiger partial charge in [-0.3, -0.25) is 10.4 Å². The standard InChI is InChI=1S/C26H22N2/c1-18-15-23(19-9-5-3-6-10-19)21-13-14-22-25(20-11-7-4-8-12-20)17-28(2)27-26(22)24(21)16-18/h3-17,27H,1-2H3. The van der Waals surface area contributed by atoms with Crippen molar-refractivity contribution in [1.82, 2.24) is 5.01 Å². The minimum atomic E-state index is 1.17. The Kier molecular flexibility index (Phi) is 3.91. The fourth-order valence-electron chi connectivity index (χ4n) is 4.10. The van der Waals surface area contributed by atoms with Gasteiger partial charge in [-0.1, -0.05) is 78.9 Å². The third-order valence-corrected chi connectivity index (χ3v) is 5.35. The summed E-state index contributed by atoms with van der Waals surface area (Å²) in [5.74, 6) is 0. The average molecular weight is 362 g/mol. The van der Waals surface area contributed by atoms with E-state index in [9.17, 15) is 0 Å². The molecule has 4 aromatic carbocycles. The number of nitrogens with zero attached hydrogens (tertiary/aromatic N) is 1. The molecular formula is C26H22N2. The van der Waals surface area contributed by atoms with E-state index in [1.807, 2.05) is 0 Å². The normalized spacial score (nSPS) is 13.1. The van der Waals surface area contributed by atoms with Gasteiger partial charge in [-0.2, -0.15) is 0 Å². The fourth-order valence-corrected chi connectivity index (χ4v) is 4.10. The minimum absolute atomic E-state index is 1.17. The van der Waals surface area contributed by atoms with Crippen LogP contribution in [0.25, 0.3) is 27.5 Å². The van der Waals surface area contributed by atoms with Crippen molar-refractivity contribution < 1.29 is 0 Å². The van der Waals surface area contributed by atoms with Gasteiger partial charge in [0.1, 0.15) is 0 Å². The predicted octanol–water partition coefficient (Wildman–Crippen LogP) is 6.48. The van der Waals surface area contributed by atoms with E-state index < -0.39 is 0 Å². The topological polar surface area (TPSA) is 15.3 Å². The Labute approximate surface area is 165 Å². The average Bonchev–Trinajstić information content (AvgIpc) is 2.74. The first-order valence-electron chi connectivity index (χ1n) is 9.60. The highest BCUT2D eigenvalue weighted by Crippen LogP contribution is 2.41. The van der Waals surface area contributed by atoms with Crippen molar-refractivity contribution in [3.05, 3.63) is 108 Å². The molecule has 1 N–H and O–H groups in total. The maximum Gasteiger partial charge on any atom is 0.0699 e. The summed E-state index contributed by atoms with van der Waals surface area (Å²) in [7, 11) is 2.05. The Morgan fingerprint density at radius 3 is 2.07 bits per heavy atom. The zero-order chi connectivity index (χ0) is 19.1. The van der Waals surface area contributed by atoms with Crippen LogP contribution < -0.4 is 5.43 Å². The van der Waals surface area contributed by atoms with Crippen LogP contribution in [-0.4, -0.2) is 12.1 Å². The molecule has 2 heteroatoms. The molecule has 0 atom stereocenters. The lowest BCUT2D eigenvalue weighted by Crippen LogP contribution is -2.24. The van der Waals surface area contributed by atoms with Gasteiger partial charge >= 0.3 is 0 Å². The van der Waals surface area contributed by atoms with Gasteiger partial charge in [0.15, 0.2) is 0 Å². The lowest BCUT2D eigenvalue weighted by atomic mass is 9.89. The highest BCUT2D eigenvalue weighted by molar-refractivity contribution is 6.08. The molecule has 0 aliphatic carbocycles. The fraction of sp³-hybridized carbons (Fsp3) is 0.0769. The van der Waals surface area contributed by atoms with E-state index in [1.165, 1.54) is 49.9 Å². The maximum absolute atomic E-state index is 3.57. The molecular weight excluding hydrogens is 340 g/mol. The molecule has 0 radical (unpaired) electrons. The summed E-state index contributed by atoms with van der Waals surface area (Å²) in [6.45, 7) is 2.17. The van der Waals surface area contributed by atoms with Gasteiger partial charge in [-0.05, 0) is 40.6 Å². The SMILES string of the molecule is Cc1cc(-c2ccccc2)c2ccc3c(c2c1)NN(C)C=C3c1ccccc1. The molecule has 0 spiro atoms. The van der Waals surface area contributed by atoms with Crippen LogP contribution in [0.3, 0.4) is 0 Å². The van der Waals surface area contributed by atoms with Gasteiger partial charge in [0.05, 0.1) is 5.69 Å². The highest BCUT2D eigenvalue weighted by Gasteiger charge is 2.20. The molecule has 1 heterocycles. The summed E-state index contributed by atoms with van der Waals surface area (Å²) in [5, 5.41) is 4.57. The van der Waals surface area contributed by atoms with Gasteiger partial charge in [-0.15, -0.1) is 0 Å². The smallest absolute Gasteiger partial charge is 0.0699 e. The molecule has 0 saturated heterocycles. The van der Waals surface area contributed by atoms with Gasteiger partial charge < -0.3 is 0 Å².